The van der Waals surface area contributed by atoms with E-state index >= 15 is 0 Å². The van der Waals surface area contributed by atoms with Crippen molar-refractivity contribution in [2.24, 2.45) is 0 Å². The minimum Gasteiger partial charge on any atom is -0.329 e. The molecule has 0 radical (unpaired) electrons. The number of imide groups is 1. The molecule has 3 aromatic carbocycles. The molecule has 5 nitrogen and oxygen atoms in total. The maximum atomic E-state index is 13.3. The molecule has 2 aliphatic rings. The number of hydrogen-bond acceptors (Lipinski definition) is 3. The van der Waals surface area contributed by atoms with E-state index in [1.807, 2.05) is 74.2 Å². The summed E-state index contributed by atoms with van der Waals surface area (Å²) in [6, 6.07) is 18.8. The molecule has 0 fully saturated rings. The first kappa shape index (κ1) is 23.0. The number of rotatable bonds is 2. The highest BCUT2D eigenvalue weighted by atomic mass is 16.2. The fourth-order valence-corrected chi connectivity index (χ4v) is 4.81. The SMILES string of the molecule is CC(C)(C)c1ccc(N2C(=O)c3ccc(-c4ccc5c(c4)CN(C(C)(C)C)C5=O)cc3C2=O)cc1. The lowest BCUT2D eigenvalue weighted by Crippen LogP contribution is -2.41. The van der Waals surface area contributed by atoms with Gasteiger partial charge in [-0.05, 0) is 84.8 Å². The van der Waals surface area contributed by atoms with Crippen LogP contribution in [0.15, 0.2) is 60.7 Å². The molecule has 0 N–H and O–H groups in total. The molecule has 5 heteroatoms. The fourth-order valence-electron chi connectivity index (χ4n) is 4.81. The summed E-state index contributed by atoms with van der Waals surface area (Å²) < 4.78 is 0. The van der Waals surface area contributed by atoms with E-state index in [0.29, 0.717) is 23.4 Å². The van der Waals surface area contributed by atoms with E-state index in [-0.39, 0.29) is 28.7 Å². The van der Waals surface area contributed by atoms with Crippen LogP contribution in [-0.2, 0) is 12.0 Å². The highest BCUT2D eigenvalue weighted by Crippen LogP contribution is 2.35. The number of amides is 3. The predicted molar refractivity (Wildman–Crippen MR) is 138 cm³/mol. The average Bonchev–Trinajstić information content (AvgIpc) is 3.26. The fraction of sp³-hybridized carbons (Fsp3) is 0.300. The van der Waals surface area contributed by atoms with Gasteiger partial charge < -0.3 is 4.90 Å². The molecule has 0 atom stereocenters. The molecule has 0 aliphatic carbocycles. The number of anilines is 1. The van der Waals surface area contributed by atoms with Crippen LogP contribution in [0.1, 0.15) is 83.7 Å². The third-order valence-electron chi connectivity index (χ3n) is 6.93. The summed E-state index contributed by atoms with van der Waals surface area (Å²) in [6.45, 7) is 13.0. The third kappa shape index (κ3) is 3.75. The predicted octanol–water partition coefficient (Wildman–Crippen LogP) is 6.21. The zero-order valence-corrected chi connectivity index (χ0v) is 21.1. The van der Waals surface area contributed by atoms with E-state index in [1.165, 1.54) is 4.90 Å². The quantitative estimate of drug-likeness (QED) is 0.422. The van der Waals surface area contributed by atoms with Gasteiger partial charge in [0.05, 0.1) is 16.8 Å². The molecule has 178 valence electrons. The third-order valence-corrected chi connectivity index (χ3v) is 6.93. The molecule has 0 bridgehead atoms. The molecule has 0 unspecified atom stereocenters. The van der Waals surface area contributed by atoms with Gasteiger partial charge in [0.1, 0.15) is 0 Å². The van der Waals surface area contributed by atoms with Gasteiger partial charge in [0.25, 0.3) is 17.7 Å². The highest BCUT2D eigenvalue weighted by Gasteiger charge is 2.38. The molecule has 0 saturated carbocycles. The van der Waals surface area contributed by atoms with Crippen LogP contribution in [0.3, 0.4) is 0 Å². The number of hydrogen-bond donors (Lipinski definition) is 0. The Morgan fingerprint density at radius 3 is 1.80 bits per heavy atom. The number of fused-ring (bicyclic) bond motifs is 2. The van der Waals surface area contributed by atoms with E-state index in [2.05, 4.69) is 20.8 Å². The van der Waals surface area contributed by atoms with Gasteiger partial charge >= 0.3 is 0 Å². The standard InChI is InChI=1S/C30H30N2O3/c1-29(2,3)21-9-11-22(12-10-21)32-27(34)24-14-8-19(16-25(24)28(32)35)18-7-13-23-20(15-18)17-31(26(23)33)30(4,5)6/h7-16H,17H2,1-6H3. The molecule has 3 amide bonds. The molecule has 35 heavy (non-hydrogen) atoms. The van der Waals surface area contributed by atoms with Gasteiger partial charge in [0.2, 0.25) is 0 Å². The van der Waals surface area contributed by atoms with E-state index in [9.17, 15) is 14.4 Å². The highest BCUT2D eigenvalue weighted by molar-refractivity contribution is 6.34. The topological polar surface area (TPSA) is 57.7 Å². The van der Waals surface area contributed by atoms with Crippen molar-refractivity contribution in [2.75, 3.05) is 4.90 Å². The summed E-state index contributed by atoms with van der Waals surface area (Å²) in [5.41, 5.74) is 5.72. The smallest absolute Gasteiger partial charge is 0.266 e. The Labute approximate surface area is 206 Å². The zero-order chi connectivity index (χ0) is 25.3. The van der Waals surface area contributed by atoms with Crippen molar-refractivity contribution in [3.8, 4) is 11.1 Å². The van der Waals surface area contributed by atoms with E-state index in [4.69, 9.17) is 0 Å². The number of benzene rings is 3. The van der Waals surface area contributed by atoms with E-state index in [1.54, 1.807) is 12.1 Å². The lowest BCUT2D eigenvalue weighted by Gasteiger charge is -2.31. The molecule has 0 aromatic heterocycles. The molecular formula is C30H30N2O3. The molecular weight excluding hydrogens is 436 g/mol. The second kappa shape index (κ2) is 7.64. The van der Waals surface area contributed by atoms with Crippen LogP contribution in [0.2, 0.25) is 0 Å². The summed E-state index contributed by atoms with van der Waals surface area (Å²) in [7, 11) is 0. The van der Waals surface area contributed by atoms with Crippen molar-refractivity contribution in [3.63, 3.8) is 0 Å². The average molecular weight is 467 g/mol. The van der Waals surface area contributed by atoms with Crippen molar-refractivity contribution in [1.29, 1.82) is 0 Å². The van der Waals surface area contributed by atoms with Crippen molar-refractivity contribution in [3.05, 3.63) is 88.5 Å². The van der Waals surface area contributed by atoms with Gasteiger partial charge in [-0.1, -0.05) is 45.0 Å². The Kier molecular flexibility index (Phi) is 5.03. The summed E-state index contributed by atoms with van der Waals surface area (Å²) in [4.78, 5) is 42.4. The molecule has 0 saturated heterocycles. The van der Waals surface area contributed by atoms with E-state index < -0.39 is 0 Å². The van der Waals surface area contributed by atoms with Crippen LogP contribution in [0.5, 0.6) is 0 Å². The van der Waals surface area contributed by atoms with Gasteiger partial charge in [0.15, 0.2) is 0 Å². The lowest BCUT2D eigenvalue weighted by molar-refractivity contribution is 0.0609. The van der Waals surface area contributed by atoms with Crippen LogP contribution < -0.4 is 4.90 Å². The maximum absolute atomic E-state index is 13.3. The number of carbonyl (C=O) groups is 3. The minimum atomic E-state index is -0.314. The minimum absolute atomic E-state index is 0.0141. The monoisotopic (exact) mass is 466 g/mol. The first-order valence-corrected chi connectivity index (χ1v) is 11.9. The molecule has 0 spiro atoms. The van der Waals surface area contributed by atoms with Crippen LogP contribution in [0, 0.1) is 0 Å². The van der Waals surface area contributed by atoms with Crippen LogP contribution in [-0.4, -0.2) is 28.2 Å². The van der Waals surface area contributed by atoms with Crippen molar-refractivity contribution in [2.45, 2.75) is 59.0 Å². The van der Waals surface area contributed by atoms with Crippen LogP contribution >= 0.6 is 0 Å². The second-order valence-electron chi connectivity index (χ2n) is 11.4. The first-order chi connectivity index (χ1) is 16.4. The summed E-state index contributed by atoms with van der Waals surface area (Å²) in [5.74, 6) is -0.576. The molecule has 2 aliphatic heterocycles. The Hall–Kier alpha value is -3.73. The van der Waals surface area contributed by atoms with Gasteiger partial charge in [-0.3, -0.25) is 14.4 Å². The molecule has 3 aromatic rings. The van der Waals surface area contributed by atoms with Gasteiger partial charge in [-0.2, -0.15) is 0 Å². The summed E-state index contributed by atoms with van der Waals surface area (Å²) >= 11 is 0. The van der Waals surface area contributed by atoms with Crippen molar-refractivity contribution >= 4 is 23.4 Å². The Morgan fingerprint density at radius 2 is 1.20 bits per heavy atom. The van der Waals surface area contributed by atoms with Gasteiger partial charge in [-0.25, -0.2) is 4.90 Å². The van der Waals surface area contributed by atoms with Gasteiger partial charge in [-0.15, -0.1) is 0 Å². The van der Waals surface area contributed by atoms with Crippen molar-refractivity contribution in [1.82, 2.24) is 4.90 Å². The summed E-state index contributed by atoms with van der Waals surface area (Å²) in [5, 5.41) is 0. The van der Waals surface area contributed by atoms with E-state index in [0.717, 1.165) is 27.8 Å². The number of nitrogens with zero attached hydrogens (tertiary/aromatic N) is 2. The van der Waals surface area contributed by atoms with Crippen LogP contribution in [0.4, 0.5) is 5.69 Å². The van der Waals surface area contributed by atoms with Crippen LogP contribution in [0.25, 0.3) is 11.1 Å². The normalized spacial score (nSPS) is 15.7. The largest absolute Gasteiger partial charge is 0.329 e. The Balaban J connectivity index is 1.46. The van der Waals surface area contributed by atoms with Gasteiger partial charge in [0, 0.05) is 17.6 Å². The molecule has 2 heterocycles. The summed E-state index contributed by atoms with van der Waals surface area (Å²) in [6.07, 6.45) is 0. The maximum Gasteiger partial charge on any atom is 0.266 e. The number of carbonyl (C=O) groups excluding carboxylic acids is 3. The first-order valence-electron chi connectivity index (χ1n) is 11.9. The Morgan fingerprint density at radius 1 is 0.629 bits per heavy atom. The molecule has 5 rings (SSSR count). The lowest BCUT2D eigenvalue weighted by atomic mass is 9.87. The Bertz CT molecular complexity index is 1390. The van der Waals surface area contributed by atoms with Crippen molar-refractivity contribution < 1.29 is 14.4 Å². The zero-order valence-electron chi connectivity index (χ0n) is 21.1. The second-order valence-corrected chi connectivity index (χ2v) is 11.4.